The van der Waals surface area contributed by atoms with Gasteiger partial charge in [-0.2, -0.15) is 0 Å². The van der Waals surface area contributed by atoms with Crippen LogP contribution in [-0.4, -0.2) is 15.3 Å². The monoisotopic (exact) mass is 308 g/mol. The van der Waals surface area contributed by atoms with Crippen molar-refractivity contribution in [2.45, 2.75) is 13.3 Å². The van der Waals surface area contributed by atoms with E-state index in [0.29, 0.717) is 12.1 Å². The van der Waals surface area contributed by atoms with Crippen LogP contribution in [-0.2, 0) is 7.05 Å². The smallest absolute Gasteiger partial charge is 0.179 e. The summed E-state index contributed by atoms with van der Waals surface area (Å²) >= 11 is 0. The van der Waals surface area contributed by atoms with Gasteiger partial charge in [-0.05, 0) is 35.4 Å². The lowest BCUT2D eigenvalue weighted by Crippen LogP contribution is -2.05. The third-order valence-corrected chi connectivity index (χ3v) is 3.89. The van der Waals surface area contributed by atoms with Gasteiger partial charge in [-0.3, -0.25) is 9.78 Å². The van der Waals surface area contributed by atoms with Gasteiger partial charge in [0.15, 0.2) is 5.78 Å². The summed E-state index contributed by atoms with van der Waals surface area (Å²) in [5.41, 5.74) is 4.23. The van der Waals surface area contributed by atoms with E-state index in [4.69, 9.17) is 0 Å². The minimum Gasteiger partial charge on any atom is -0.347 e. The van der Waals surface area contributed by atoms with E-state index in [1.165, 1.54) is 12.1 Å². The number of pyridine rings is 1. The number of halogens is 1. The molecule has 0 saturated carbocycles. The summed E-state index contributed by atoms with van der Waals surface area (Å²) in [6, 6.07) is 10.1. The predicted octanol–water partition coefficient (Wildman–Crippen LogP) is 4.49. The van der Waals surface area contributed by atoms with Crippen LogP contribution in [0, 0.1) is 5.82 Å². The average molecular weight is 308 g/mol. The number of nitrogens with zero attached hydrogens (tertiary/aromatic N) is 2. The summed E-state index contributed by atoms with van der Waals surface area (Å²) in [4.78, 5) is 16.5. The molecule has 0 aliphatic rings. The molecule has 0 fully saturated rings. The summed E-state index contributed by atoms with van der Waals surface area (Å²) in [7, 11) is 1.86. The molecule has 0 radical (unpaired) electrons. The minimum atomic E-state index is -0.293. The van der Waals surface area contributed by atoms with Gasteiger partial charge in [0.05, 0.1) is 5.69 Å². The molecule has 0 amide bonds. The highest BCUT2D eigenvalue weighted by Gasteiger charge is 2.21. The number of aromatic nitrogens is 2. The molecule has 0 aliphatic carbocycles. The highest BCUT2D eigenvalue weighted by Crippen LogP contribution is 2.36. The summed E-state index contributed by atoms with van der Waals surface area (Å²) < 4.78 is 15.1. The average Bonchev–Trinajstić information content (AvgIpc) is 2.93. The number of hydrogen-bond donors (Lipinski definition) is 0. The first-order chi connectivity index (χ1) is 11.1. The summed E-state index contributed by atoms with van der Waals surface area (Å²) in [5, 5.41) is 0. The maximum atomic E-state index is 13.3. The van der Waals surface area contributed by atoms with E-state index in [-0.39, 0.29) is 11.6 Å². The molecular formula is C19H17FN2O. The Morgan fingerprint density at radius 2 is 1.74 bits per heavy atom. The third-order valence-electron chi connectivity index (χ3n) is 3.89. The van der Waals surface area contributed by atoms with Crippen molar-refractivity contribution in [1.82, 2.24) is 9.55 Å². The van der Waals surface area contributed by atoms with Gasteiger partial charge in [0.2, 0.25) is 0 Å². The molecule has 116 valence electrons. The fraction of sp³-hybridized carbons (Fsp3) is 0.158. The lowest BCUT2D eigenvalue weighted by atomic mass is 9.95. The van der Waals surface area contributed by atoms with Gasteiger partial charge in [-0.15, -0.1) is 0 Å². The molecule has 0 unspecified atom stereocenters. The van der Waals surface area contributed by atoms with Crippen molar-refractivity contribution in [3.05, 3.63) is 66.5 Å². The number of carbonyl (C=O) groups excluding carboxylic acids is 1. The van der Waals surface area contributed by atoms with Crippen molar-refractivity contribution < 1.29 is 9.18 Å². The van der Waals surface area contributed by atoms with Crippen LogP contribution in [0.25, 0.3) is 22.3 Å². The minimum absolute atomic E-state index is 0.0622. The van der Waals surface area contributed by atoms with E-state index in [1.807, 2.05) is 36.9 Å². The van der Waals surface area contributed by atoms with Gasteiger partial charge in [0.25, 0.3) is 0 Å². The fourth-order valence-electron chi connectivity index (χ4n) is 2.79. The highest BCUT2D eigenvalue weighted by molar-refractivity contribution is 6.05. The Morgan fingerprint density at radius 1 is 1.09 bits per heavy atom. The number of aryl methyl sites for hydroxylation is 1. The normalized spacial score (nSPS) is 10.7. The second kappa shape index (κ2) is 6.16. The number of Topliss-reactive ketones (excluding diaryl/α,β-unsaturated/α-hetero) is 1. The van der Waals surface area contributed by atoms with E-state index in [1.54, 1.807) is 24.5 Å². The molecular weight excluding hydrogens is 291 g/mol. The SMILES string of the molecule is CCC(=O)c1c(-c2ccc(F)cc2)c(-c2ccncc2)cn1C. The molecule has 3 nitrogen and oxygen atoms in total. The largest absolute Gasteiger partial charge is 0.347 e. The maximum Gasteiger partial charge on any atom is 0.179 e. The molecule has 0 N–H and O–H groups in total. The maximum absolute atomic E-state index is 13.3. The number of rotatable bonds is 4. The predicted molar refractivity (Wildman–Crippen MR) is 88.7 cm³/mol. The molecule has 3 rings (SSSR count). The summed E-state index contributed by atoms with van der Waals surface area (Å²) in [5.74, 6) is -0.231. The second-order valence-electron chi connectivity index (χ2n) is 5.40. The Morgan fingerprint density at radius 3 is 2.35 bits per heavy atom. The zero-order chi connectivity index (χ0) is 16.4. The van der Waals surface area contributed by atoms with Crippen LogP contribution in [0.5, 0.6) is 0 Å². The molecule has 2 heterocycles. The van der Waals surface area contributed by atoms with Crippen LogP contribution in [0.1, 0.15) is 23.8 Å². The van der Waals surface area contributed by atoms with Crippen LogP contribution in [0.3, 0.4) is 0 Å². The van der Waals surface area contributed by atoms with Gasteiger partial charge in [-0.25, -0.2) is 4.39 Å². The Kier molecular flexibility index (Phi) is 4.06. The Balaban J connectivity index is 2.29. The molecule has 2 aromatic heterocycles. The van der Waals surface area contributed by atoms with Gasteiger partial charge in [0.1, 0.15) is 5.82 Å². The van der Waals surface area contributed by atoms with Crippen molar-refractivity contribution in [3.63, 3.8) is 0 Å². The molecule has 4 heteroatoms. The van der Waals surface area contributed by atoms with Crippen LogP contribution in [0.2, 0.25) is 0 Å². The molecule has 0 bridgehead atoms. The zero-order valence-corrected chi connectivity index (χ0v) is 13.1. The molecule has 23 heavy (non-hydrogen) atoms. The first-order valence-corrected chi connectivity index (χ1v) is 7.50. The summed E-state index contributed by atoms with van der Waals surface area (Å²) in [6.07, 6.45) is 5.80. The van der Waals surface area contributed by atoms with Gasteiger partial charge < -0.3 is 4.57 Å². The third kappa shape index (κ3) is 2.80. The van der Waals surface area contributed by atoms with Crippen LogP contribution in [0.4, 0.5) is 4.39 Å². The summed E-state index contributed by atoms with van der Waals surface area (Å²) in [6.45, 7) is 1.84. The second-order valence-corrected chi connectivity index (χ2v) is 5.40. The standard InChI is InChI=1S/C19H17FN2O/c1-3-17(23)19-18(14-4-6-15(20)7-5-14)16(12-22(19)2)13-8-10-21-11-9-13/h4-12H,3H2,1-2H3. The number of carbonyl (C=O) groups is 1. The number of hydrogen-bond acceptors (Lipinski definition) is 2. The zero-order valence-electron chi connectivity index (χ0n) is 13.1. The van der Waals surface area contributed by atoms with Gasteiger partial charge >= 0.3 is 0 Å². The Hall–Kier alpha value is -2.75. The van der Waals surface area contributed by atoms with Crippen molar-refractivity contribution in [2.75, 3.05) is 0 Å². The van der Waals surface area contributed by atoms with Crippen LogP contribution in [0.15, 0.2) is 55.0 Å². The van der Waals surface area contributed by atoms with Crippen molar-refractivity contribution in [3.8, 4) is 22.3 Å². The lowest BCUT2D eigenvalue weighted by Gasteiger charge is -2.08. The van der Waals surface area contributed by atoms with Gasteiger partial charge in [0, 0.05) is 43.2 Å². The van der Waals surface area contributed by atoms with Crippen LogP contribution < -0.4 is 0 Å². The fourth-order valence-corrected chi connectivity index (χ4v) is 2.79. The first kappa shape index (κ1) is 15.2. The highest BCUT2D eigenvalue weighted by atomic mass is 19.1. The van der Waals surface area contributed by atoms with Gasteiger partial charge in [-0.1, -0.05) is 19.1 Å². The molecule has 0 atom stereocenters. The van der Waals surface area contributed by atoms with Crippen molar-refractivity contribution >= 4 is 5.78 Å². The molecule has 0 spiro atoms. The van der Waals surface area contributed by atoms with E-state index in [9.17, 15) is 9.18 Å². The van der Waals surface area contributed by atoms with E-state index in [2.05, 4.69) is 4.98 Å². The number of benzene rings is 1. The molecule has 1 aromatic carbocycles. The number of ketones is 1. The molecule has 0 aliphatic heterocycles. The van der Waals surface area contributed by atoms with Crippen molar-refractivity contribution in [1.29, 1.82) is 0 Å². The molecule has 0 saturated heterocycles. The van der Waals surface area contributed by atoms with Crippen molar-refractivity contribution in [2.24, 2.45) is 7.05 Å². The lowest BCUT2D eigenvalue weighted by molar-refractivity contribution is 0.0981. The molecule has 3 aromatic rings. The van der Waals surface area contributed by atoms with Crippen LogP contribution >= 0.6 is 0 Å². The van der Waals surface area contributed by atoms with E-state index in [0.717, 1.165) is 22.3 Å². The quantitative estimate of drug-likeness (QED) is 0.666. The van der Waals surface area contributed by atoms with E-state index >= 15 is 0 Å². The topological polar surface area (TPSA) is 34.9 Å². The first-order valence-electron chi connectivity index (χ1n) is 7.50. The Labute approximate surface area is 134 Å². The van der Waals surface area contributed by atoms with E-state index < -0.39 is 0 Å². The Bertz CT molecular complexity index is 836.